The van der Waals surface area contributed by atoms with Gasteiger partial charge in [-0.25, -0.2) is 9.97 Å². The van der Waals surface area contributed by atoms with Gasteiger partial charge < -0.3 is 15.2 Å². The molecular formula is C15H17N3O2. The zero-order chi connectivity index (χ0) is 13.8. The van der Waals surface area contributed by atoms with Gasteiger partial charge in [-0.2, -0.15) is 0 Å². The van der Waals surface area contributed by atoms with Gasteiger partial charge in [0.1, 0.15) is 5.75 Å². The zero-order valence-electron chi connectivity index (χ0n) is 11.1. The fourth-order valence-electron chi connectivity index (χ4n) is 2.26. The van der Waals surface area contributed by atoms with Crippen molar-refractivity contribution in [2.75, 3.05) is 19.7 Å². The Balaban J connectivity index is 1.65. The Hall–Kier alpha value is -2.14. The summed E-state index contributed by atoms with van der Waals surface area (Å²) in [4.78, 5) is 8.54. The fourth-order valence-corrected chi connectivity index (χ4v) is 2.26. The van der Waals surface area contributed by atoms with Crippen LogP contribution in [0, 0.1) is 5.92 Å². The van der Waals surface area contributed by atoms with Crippen LogP contribution in [-0.4, -0.2) is 34.8 Å². The summed E-state index contributed by atoms with van der Waals surface area (Å²) in [5.74, 6) is 2.04. The third kappa shape index (κ3) is 3.05. The van der Waals surface area contributed by atoms with Crippen LogP contribution >= 0.6 is 0 Å². The van der Waals surface area contributed by atoms with Crippen LogP contribution in [0.2, 0.25) is 0 Å². The molecule has 5 heteroatoms. The summed E-state index contributed by atoms with van der Waals surface area (Å²) in [5.41, 5.74) is 0.788. The Kier molecular flexibility index (Phi) is 3.78. The molecule has 0 amide bonds. The third-order valence-corrected chi connectivity index (χ3v) is 3.38. The molecule has 1 saturated heterocycles. The van der Waals surface area contributed by atoms with Gasteiger partial charge >= 0.3 is 0 Å². The average molecular weight is 271 g/mol. The van der Waals surface area contributed by atoms with Gasteiger partial charge in [-0.05, 0) is 25.1 Å². The molecule has 0 bridgehead atoms. The van der Waals surface area contributed by atoms with Crippen LogP contribution in [0.25, 0.3) is 11.4 Å². The topological polar surface area (TPSA) is 67.3 Å². The lowest BCUT2D eigenvalue weighted by molar-refractivity contribution is 0.258. The molecule has 0 spiro atoms. The minimum atomic E-state index is 0.208. The van der Waals surface area contributed by atoms with Crippen molar-refractivity contribution in [3.63, 3.8) is 0 Å². The first-order chi connectivity index (χ1) is 9.81. The molecular weight excluding hydrogens is 254 g/mol. The average Bonchev–Trinajstić information content (AvgIpc) is 2.99. The van der Waals surface area contributed by atoms with Crippen molar-refractivity contribution < 1.29 is 9.84 Å². The van der Waals surface area contributed by atoms with Gasteiger partial charge in [0.05, 0.1) is 19.0 Å². The molecule has 2 aromatic rings. The molecule has 3 rings (SSSR count). The fraction of sp³-hybridized carbons (Fsp3) is 0.333. The second kappa shape index (κ2) is 5.88. The maximum absolute atomic E-state index is 9.45. The van der Waals surface area contributed by atoms with Crippen molar-refractivity contribution >= 4 is 0 Å². The van der Waals surface area contributed by atoms with Crippen LogP contribution in [-0.2, 0) is 0 Å². The molecule has 0 radical (unpaired) electrons. The van der Waals surface area contributed by atoms with Gasteiger partial charge in [-0.1, -0.05) is 12.1 Å². The van der Waals surface area contributed by atoms with Gasteiger partial charge in [-0.15, -0.1) is 0 Å². The quantitative estimate of drug-likeness (QED) is 0.888. The van der Waals surface area contributed by atoms with Gasteiger partial charge in [0.2, 0.25) is 0 Å². The SMILES string of the molecule is Oc1cccc(-c2ncc(OCC3CCNC3)cn2)c1. The third-order valence-electron chi connectivity index (χ3n) is 3.38. The summed E-state index contributed by atoms with van der Waals surface area (Å²) >= 11 is 0. The maximum Gasteiger partial charge on any atom is 0.159 e. The van der Waals surface area contributed by atoms with E-state index in [2.05, 4.69) is 15.3 Å². The molecule has 2 N–H and O–H groups in total. The minimum Gasteiger partial charge on any atom is -0.508 e. The minimum absolute atomic E-state index is 0.208. The molecule has 0 aliphatic carbocycles. The highest BCUT2D eigenvalue weighted by molar-refractivity contribution is 5.57. The van der Waals surface area contributed by atoms with Gasteiger partial charge in [0.25, 0.3) is 0 Å². The van der Waals surface area contributed by atoms with Crippen molar-refractivity contribution in [2.24, 2.45) is 5.92 Å². The van der Waals surface area contributed by atoms with Crippen molar-refractivity contribution in [3.05, 3.63) is 36.7 Å². The lowest BCUT2D eigenvalue weighted by Crippen LogP contribution is -2.15. The maximum atomic E-state index is 9.45. The zero-order valence-corrected chi connectivity index (χ0v) is 11.1. The Morgan fingerprint density at radius 3 is 2.85 bits per heavy atom. The first-order valence-corrected chi connectivity index (χ1v) is 6.76. The van der Waals surface area contributed by atoms with Gasteiger partial charge in [-0.3, -0.25) is 0 Å². The molecule has 20 heavy (non-hydrogen) atoms. The lowest BCUT2D eigenvalue weighted by Gasteiger charge is -2.10. The Morgan fingerprint density at radius 1 is 1.30 bits per heavy atom. The molecule has 104 valence electrons. The number of aromatic nitrogens is 2. The number of benzene rings is 1. The van der Waals surface area contributed by atoms with Crippen LogP contribution in [0.1, 0.15) is 6.42 Å². The standard InChI is InChI=1S/C15H17N3O2/c19-13-3-1-2-12(6-13)15-17-8-14(9-18-15)20-10-11-4-5-16-7-11/h1-3,6,8-9,11,16,19H,4-5,7,10H2. The van der Waals surface area contributed by atoms with Crippen molar-refractivity contribution in [2.45, 2.75) is 6.42 Å². The van der Waals surface area contributed by atoms with E-state index >= 15 is 0 Å². The van der Waals surface area contributed by atoms with Crippen LogP contribution in [0.5, 0.6) is 11.5 Å². The predicted octanol–water partition coefficient (Wildman–Crippen LogP) is 1.84. The predicted molar refractivity (Wildman–Crippen MR) is 75.6 cm³/mol. The number of nitrogens with one attached hydrogen (secondary N) is 1. The van der Waals surface area contributed by atoms with Crippen molar-refractivity contribution in [3.8, 4) is 22.9 Å². The summed E-state index contributed by atoms with van der Waals surface area (Å²) in [6.45, 7) is 2.78. The summed E-state index contributed by atoms with van der Waals surface area (Å²) < 4.78 is 5.69. The molecule has 1 unspecified atom stereocenters. The van der Waals surface area contributed by atoms with Crippen molar-refractivity contribution in [1.29, 1.82) is 0 Å². The molecule has 1 aliphatic rings. The molecule has 1 fully saturated rings. The number of ether oxygens (including phenoxy) is 1. The first-order valence-electron chi connectivity index (χ1n) is 6.76. The monoisotopic (exact) mass is 271 g/mol. The van der Waals surface area contributed by atoms with E-state index in [9.17, 15) is 5.11 Å². The largest absolute Gasteiger partial charge is 0.508 e. The number of phenols is 1. The Labute approximate surface area is 117 Å². The number of nitrogens with zero attached hydrogens (tertiary/aromatic N) is 2. The number of hydrogen-bond acceptors (Lipinski definition) is 5. The number of phenolic OH excluding ortho intramolecular Hbond substituents is 1. The number of aromatic hydroxyl groups is 1. The molecule has 5 nitrogen and oxygen atoms in total. The highest BCUT2D eigenvalue weighted by Crippen LogP contribution is 2.21. The number of hydrogen-bond donors (Lipinski definition) is 2. The summed E-state index contributed by atoms with van der Waals surface area (Å²) in [6.07, 6.45) is 4.51. The van der Waals surface area contributed by atoms with E-state index in [0.29, 0.717) is 24.1 Å². The molecule has 1 aromatic carbocycles. The summed E-state index contributed by atoms with van der Waals surface area (Å²) in [7, 11) is 0. The summed E-state index contributed by atoms with van der Waals surface area (Å²) in [5, 5.41) is 12.8. The first kappa shape index (κ1) is 12.9. The second-order valence-electron chi connectivity index (χ2n) is 4.96. The highest BCUT2D eigenvalue weighted by Gasteiger charge is 2.15. The molecule has 1 atom stereocenters. The van der Waals surface area contributed by atoms with Crippen LogP contribution < -0.4 is 10.1 Å². The normalized spacial score (nSPS) is 18.1. The van der Waals surface area contributed by atoms with E-state index in [1.807, 2.05) is 6.07 Å². The smallest absolute Gasteiger partial charge is 0.159 e. The van der Waals surface area contributed by atoms with E-state index < -0.39 is 0 Å². The van der Waals surface area contributed by atoms with Crippen LogP contribution in [0.15, 0.2) is 36.7 Å². The summed E-state index contributed by atoms with van der Waals surface area (Å²) in [6, 6.07) is 6.89. The van der Waals surface area contributed by atoms with E-state index in [0.717, 1.165) is 25.1 Å². The van der Waals surface area contributed by atoms with Gasteiger partial charge in [0.15, 0.2) is 11.6 Å². The van der Waals surface area contributed by atoms with E-state index in [-0.39, 0.29) is 5.75 Å². The lowest BCUT2D eigenvalue weighted by atomic mass is 10.1. The molecule has 2 heterocycles. The Bertz CT molecular complexity index is 566. The molecule has 1 aliphatic heterocycles. The van der Waals surface area contributed by atoms with E-state index in [4.69, 9.17) is 4.74 Å². The van der Waals surface area contributed by atoms with E-state index in [1.165, 1.54) is 0 Å². The molecule has 1 aromatic heterocycles. The molecule has 0 saturated carbocycles. The van der Waals surface area contributed by atoms with Gasteiger partial charge in [0, 0.05) is 18.0 Å². The van der Waals surface area contributed by atoms with Crippen molar-refractivity contribution in [1.82, 2.24) is 15.3 Å². The van der Waals surface area contributed by atoms with Crippen LogP contribution in [0.4, 0.5) is 0 Å². The second-order valence-corrected chi connectivity index (χ2v) is 4.96. The van der Waals surface area contributed by atoms with Crippen LogP contribution in [0.3, 0.4) is 0 Å². The Morgan fingerprint density at radius 2 is 2.15 bits per heavy atom. The number of rotatable bonds is 4. The highest BCUT2D eigenvalue weighted by atomic mass is 16.5. The van der Waals surface area contributed by atoms with E-state index in [1.54, 1.807) is 30.6 Å².